The summed E-state index contributed by atoms with van der Waals surface area (Å²) in [4.78, 5) is 0. The Kier molecular flexibility index (Phi) is 6.30. The molecule has 1 aliphatic carbocycles. The van der Waals surface area contributed by atoms with Crippen LogP contribution >= 0.6 is 0 Å². The van der Waals surface area contributed by atoms with E-state index in [-0.39, 0.29) is 0 Å². The van der Waals surface area contributed by atoms with Crippen molar-refractivity contribution in [2.24, 2.45) is 0 Å². The van der Waals surface area contributed by atoms with Gasteiger partial charge in [0, 0.05) is 13.2 Å². The van der Waals surface area contributed by atoms with Crippen LogP contribution < -0.4 is 10.1 Å². The lowest BCUT2D eigenvalue weighted by atomic mass is 9.87. The first kappa shape index (κ1) is 15.3. The van der Waals surface area contributed by atoms with E-state index in [2.05, 4.69) is 23.5 Å². The van der Waals surface area contributed by atoms with E-state index in [0.717, 1.165) is 5.75 Å². The Balaban J connectivity index is 1.84. The first-order chi connectivity index (χ1) is 9.85. The SMILES string of the molecule is CNC1CCCc2ccc(OCCOCCOC)cc21. The molecule has 0 bridgehead atoms. The zero-order valence-electron chi connectivity index (χ0n) is 12.5. The molecule has 1 aliphatic rings. The van der Waals surface area contributed by atoms with Crippen LogP contribution in [-0.4, -0.2) is 40.6 Å². The van der Waals surface area contributed by atoms with E-state index in [4.69, 9.17) is 14.2 Å². The second kappa shape index (κ2) is 8.25. The van der Waals surface area contributed by atoms with Crippen molar-refractivity contribution < 1.29 is 14.2 Å². The summed E-state index contributed by atoms with van der Waals surface area (Å²) < 4.78 is 16.1. The Morgan fingerprint density at radius 3 is 2.85 bits per heavy atom. The van der Waals surface area contributed by atoms with Gasteiger partial charge in [-0.3, -0.25) is 0 Å². The largest absolute Gasteiger partial charge is 0.491 e. The normalized spacial score (nSPS) is 17.8. The lowest BCUT2D eigenvalue weighted by molar-refractivity contribution is 0.0544. The predicted octanol–water partition coefficient (Wildman–Crippen LogP) is 2.33. The maximum Gasteiger partial charge on any atom is 0.119 e. The molecule has 112 valence electrons. The molecule has 0 amide bonds. The van der Waals surface area contributed by atoms with Crippen molar-refractivity contribution >= 4 is 0 Å². The molecule has 0 saturated carbocycles. The minimum atomic E-state index is 0.459. The first-order valence-corrected chi connectivity index (χ1v) is 7.34. The van der Waals surface area contributed by atoms with E-state index < -0.39 is 0 Å². The van der Waals surface area contributed by atoms with Gasteiger partial charge >= 0.3 is 0 Å². The van der Waals surface area contributed by atoms with Crippen LogP contribution in [0, 0.1) is 0 Å². The molecule has 1 aromatic carbocycles. The molecule has 0 heterocycles. The number of aryl methyl sites for hydroxylation is 1. The highest BCUT2D eigenvalue weighted by molar-refractivity contribution is 5.39. The van der Waals surface area contributed by atoms with E-state index in [0.29, 0.717) is 32.5 Å². The van der Waals surface area contributed by atoms with Crippen LogP contribution in [-0.2, 0) is 15.9 Å². The van der Waals surface area contributed by atoms with Gasteiger partial charge in [0.05, 0.1) is 19.8 Å². The number of hydrogen-bond acceptors (Lipinski definition) is 4. The smallest absolute Gasteiger partial charge is 0.119 e. The van der Waals surface area contributed by atoms with Crippen LogP contribution in [0.2, 0.25) is 0 Å². The van der Waals surface area contributed by atoms with Crippen molar-refractivity contribution in [1.29, 1.82) is 0 Å². The molecule has 1 atom stereocenters. The third-order valence-electron chi connectivity index (χ3n) is 3.71. The van der Waals surface area contributed by atoms with Gasteiger partial charge in [0.2, 0.25) is 0 Å². The van der Waals surface area contributed by atoms with Crippen molar-refractivity contribution in [3.05, 3.63) is 29.3 Å². The highest BCUT2D eigenvalue weighted by atomic mass is 16.5. The summed E-state index contributed by atoms with van der Waals surface area (Å²) in [5, 5.41) is 3.38. The molecule has 0 aromatic heterocycles. The van der Waals surface area contributed by atoms with Crippen molar-refractivity contribution in [2.75, 3.05) is 40.6 Å². The summed E-state index contributed by atoms with van der Waals surface area (Å²) in [5.41, 5.74) is 2.83. The van der Waals surface area contributed by atoms with Crippen LogP contribution in [0.3, 0.4) is 0 Å². The average molecular weight is 279 g/mol. The van der Waals surface area contributed by atoms with Gasteiger partial charge < -0.3 is 19.5 Å². The fourth-order valence-electron chi connectivity index (χ4n) is 2.63. The van der Waals surface area contributed by atoms with Crippen LogP contribution in [0.5, 0.6) is 5.75 Å². The standard InChI is InChI=1S/C16H25NO3/c1-17-16-5-3-4-13-6-7-14(12-15(13)16)20-11-10-19-9-8-18-2/h6-7,12,16-17H,3-5,8-11H2,1-2H3. The number of hydrogen-bond donors (Lipinski definition) is 1. The van der Waals surface area contributed by atoms with Crippen molar-refractivity contribution in [1.82, 2.24) is 5.32 Å². The topological polar surface area (TPSA) is 39.7 Å². The maximum atomic E-state index is 5.75. The lowest BCUT2D eigenvalue weighted by Crippen LogP contribution is -2.21. The maximum absolute atomic E-state index is 5.75. The van der Waals surface area contributed by atoms with Crippen molar-refractivity contribution in [3.8, 4) is 5.75 Å². The molecule has 2 rings (SSSR count). The molecule has 20 heavy (non-hydrogen) atoms. The van der Waals surface area contributed by atoms with Gasteiger partial charge in [-0.1, -0.05) is 6.07 Å². The molecule has 4 nitrogen and oxygen atoms in total. The number of ether oxygens (including phenoxy) is 3. The Bertz CT molecular complexity index is 409. The molecule has 1 aromatic rings. The number of methoxy groups -OCH3 is 1. The van der Waals surface area contributed by atoms with Crippen molar-refractivity contribution in [2.45, 2.75) is 25.3 Å². The summed E-state index contributed by atoms with van der Waals surface area (Å²) in [6.45, 7) is 2.41. The van der Waals surface area contributed by atoms with Crippen LogP contribution in [0.25, 0.3) is 0 Å². The molecule has 0 saturated heterocycles. The van der Waals surface area contributed by atoms with Gasteiger partial charge in [-0.05, 0) is 49.6 Å². The average Bonchev–Trinajstić information content (AvgIpc) is 2.50. The van der Waals surface area contributed by atoms with E-state index in [1.54, 1.807) is 7.11 Å². The van der Waals surface area contributed by atoms with E-state index in [9.17, 15) is 0 Å². The number of rotatable bonds is 8. The minimum Gasteiger partial charge on any atom is -0.491 e. The zero-order valence-corrected chi connectivity index (χ0v) is 12.5. The number of nitrogens with one attached hydrogen (secondary N) is 1. The molecule has 1 unspecified atom stereocenters. The van der Waals surface area contributed by atoms with Gasteiger partial charge in [0.25, 0.3) is 0 Å². The lowest BCUT2D eigenvalue weighted by Gasteiger charge is -2.25. The van der Waals surface area contributed by atoms with Crippen molar-refractivity contribution in [3.63, 3.8) is 0 Å². The molecule has 0 radical (unpaired) electrons. The Morgan fingerprint density at radius 2 is 2.05 bits per heavy atom. The summed E-state index contributed by atoms with van der Waals surface area (Å²) >= 11 is 0. The highest BCUT2D eigenvalue weighted by Gasteiger charge is 2.19. The van der Waals surface area contributed by atoms with Gasteiger partial charge in [-0.2, -0.15) is 0 Å². The summed E-state index contributed by atoms with van der Waals surface area (Å²) in [7, 11) is 3.70. The fraction of sp³-hybridized carbons (Fsp3) is 0.625. The molecule has 0 fully saturated rings. The number of benzene rings is 1. The Hall–Kier alpha value is -1.10. The van der Waals surface area contributed by atoms with Crippen LogP contribution in [0.1, 0.15) is 30.0 Å². The third kappa shape index (κ3) is 4.20. The van der Waals surface area contributed by atoms with Gasteiger partial charge in [0.15, 0.2) is 0 Å². The first-order valence-electron chi connectivity index (χ1n) is 7.34. The second-order valence-electron chi connectivity index (χ2n) is 5.05. The van der Waals surface area contributed by atoms with Gasteiger partial charge in [0.1, 0.15) is 12.4 Å². The molecule has 4 heteroatoms. The highest BCUT2D eigenvalue weighted by Crippen LogP contribution is 2.32. The van der Waals surface area contributed by atoms with E-state index >= 15 is 0 Å². The summed E-state index contributed by atoms with van der Waals surface area (Å²) in [6.07, 6.45) is 3.63. The molecular formula is C16H25NO3. The second-order valence-corrected chi connectivity index (χ2v) is 5.05. The monoisotopic (exact) mass is 279 g/mol. The Morgan fingerprint density at radius 1 is 1.20 bits per heavy atom. The quantitative estimate of drug-likeness (QED) is 0.741. The van der Waals surface area contributed by atoms with Crippen LogP contribution in [0.4, 0.5) is 0 Å². The summed E-state index contributed by atoms with van der Waals surface area (Å²) in [6, 6.07) is 6.89. The van der Waals surface area contributed by atoms with E-state index in [1.165, 1.54) is 30.4 Å². The zero-order chi connectivity index (χ0) is 14.2. The van der Waals surface area contributed by atoms with Crippen LogP contribution in [0.15, 0.2) is 18.2 Å². The predicted molar refractivity (Wildman–Crippen MR) is 79.4 cm³/mol. The molecule has 0 spiro atoms. The third-order valence-corrected chi connectivity index (χ3v) is 3.71. The van der Waals surface area contributed by atoms with E-state index in [1.807, 2.05) is 7.05 Å². The van der Waals surface area contributed by atoms with Gasteiger partial charge in [-0.15, -0.1) is 0 Å². The van der Waals surface area contributed by atoms with Gasteiger partial charge in [-0.25, -0.2) is 0 Å². The minimum absolute atomic E-state index is 0.459. The fourth-order valence-corrected chi connectivity index (χ4v) is 2.63. The number of fused-ring (bicyclic) bond motifs is 1. The molecule has 1 N–H and O–H groups in total. The Labute approximate surface area is 121 Å². The summed E-state index contributed by atoms with van der Waals surface area (Å²) in [5.74, 6) is 0.932. The molecule has 0 aliphatic heterocycles. The molecular weight excluding hydrogens is 254 g/mol.